The molecule has 0 aliphatic rings. The fraction of sp³-hybridized carbons (Fsp3) is 0.333. The van der Waals surface area contributed by atoms with Crippen LogP contribution in [0.1, 0.15) is 24.4 Å². The Morgan fingerprint density at radius 1 is 1.35 bits per heavy atom. The van der Waals surface area contributed by atoms with Gasteiger partial charge in [0.2, 0.25) is 0 Å². The number of halogens is 3. The van der Waals surface area contributed by atoms with Crippen LogP contribution in [0.3, 0.4) is 0 Å². The molecule has 0 aliphatic carbocycles. The average Bonchev–Trinajstić information content (AvgIpc) is 2.24. The lowest BCUT2D eigenvalue weighted by molar-refractivity contribution is -0.0328. The Kier molecular flexibility index (Phi) is 5.08. The van der Waals surface area contributed by atoms with Gasteiger partial charge < -0.3 is 5.73 Å². The molecule has 1 rings (SSSR count). The minimum Gasteiger partial charge on any atom is -0.324 e. The summed E-state index contributed by atoms with van der Waals surface area (Å²) in [5.41, 5.74) is 2.13. The Balaban J connectivity index is 2.87. The second-order valence-electron chi connectivity index (χ2n) is 3.56. The molecule has 1 aromatic rings. The molecule has 0 heterocycles. The Labute approximate surface area is 103 Å². The molecular formula is C12H14F3NS. The van der Waals surface area contributed by atoms with E-state index in [1.807, 2.05) is 0 Å². The van der Waals surface area contributed by atoms with E-state index in [0.29, 0.717) is 18.4 Å². The van der Waals surface area contributed by atoms with Crippen LogP contribution < -0.4 is 5.73 Å². The lowest BCUT2D eigenvalue weighted by atomic mass is 10.0. The van der Waals surface area contributed by atoms with Gasteiger partial charge >= 0.3 is 5.51 Å². The van der Waals surface area contributed by atoms with E-state index in [2.05, 4.69) is 6.58 Å². The van der Waals surface area contributed by atoms with Crippen molar-refractivity contribution < 1.29 is 13.2 Å². The summed E-state index contributed by atoms with van der Waals surface area (Å²) in [6, 6.07) is 5.98. The van der Waals surface area contributed by atoms with Gasteiger partial charge in [0.1, 0.15) is 0 Å². The zero-order valence-corrected chi connectivity index (χ0v) is 10.0. The van der Waals surface area contributed by atoms with Gasteiger partial charge in [-0.25, -0.2) is 0 Å². The largest absolute Gasteiger partial charge is 0.446 e. The van der Waals surface area contributed by atoms with Crippen molar-refractivity contribution in [3.8, 4) is 0 Å². The average molecular weight is 261 g/mol. The number of alkyl halides is 3. The van der Waals surface area contributed by atoms with Crippen molar-refractivity contribution in [3.05, 3.63) is 42.5 Å². The van der Waals surface area contributed by atoms with Crippen LogP contribution in [-0.2, 0) is 0 Å². The highest BCUT2D eigenvalue weighted by molar-refractivity contribution is 8.00. The van der Waals surface area contributed by atoms with Crippen LogP contribution in [-0.4, -0.2) is 5.51 Å². The molecule has 0 unspecified atom stereocenters. The lowest BCUT2D eigenvalue weighted by Gasteiger charge is -2.16. The third-order valence-electron chi connectivity index (χ3n) is 2.23. The van der Waals surface area contributed by atoms with Gasteiger partial charge in [0, 0.05) is 10.9 Å². The van der Waals surface area contributed by atoms with Gasteiger partial charge in [-0.15, -0.1) is 6.58 Å². The summed E-state index contributed by atoms with van der Waals surface area (Å²) >= 11 is -0.117. The number of hydrogen-bond acceptors (Lipinski definition) is 2. The molecule has 0 amide bonds. The normalized spacial score (nSPS) is 13.4. The van der Waals surface area contributed by atoms with Crippen LogP contribution >= 0.6 is 11.8 Å². The molecular weight excluding hydrogens is 247 g/mol. The van der Waals surface area contributed by atoms with Crippen LogP contribution in [0.5, 0.6) is 0 Å². The lowest BCUT2D eigenvalue weighted by Crippen LogP contribution is -2.12. The Morgan fingerprint density at radius 3 is 2.59 bits per heavy atom. The molecule has 0 saturated heterocycles. The van der Waals surface area contributed by atoms with Crippen LogP contribution in [0, 0.1) is 0 Å². The molecule has 0 saturated carbocycles. The maximum atomic E-state index is 12.3. The number of benzene rings is 1. The summed E-state index contributed by atoms with van der Waals surface area (Å²) < 4.78 is 37.0. The summed E-state index contributed by atoms with van der Waals surface area (Å²) in [6.07, 6.45) is 2.99. The zero-order chi connectivity index (χ0) is 12.9. The number of thioether (sulfide) groups is 1. The van der Waals surface area contributed by atoms with Gasteiger partial charge in [0.15, 0.2) is 0 Å². The van der Waals surface area contributed by atoms with Crippen molar-refractivity contribution in [1.82, 2.24) is 0 Å². The van der Waals surface area contributed by atoms with E-state index in [0.717, 1.165) is 0 Å². The summed E-state index contributed by atoms with van der Waals surface area (Å²) in [5.74, 6) is 0. The Hall–Kier alpha value is -0.940. The summed E-state index contributed by atoms with van der Waals surface area (Å²) in [4.78, 5) is 0.177. The van der Waals surface area contributed by atoms with E-state index in [4.69, 9.17) is 5.73 Å². The smallest absolute Gasteiger partial charge is 0.324 e. The molecule has 94 valence electrons. The van der Waals surface area contributed by atoms with Crippen molar-refractivity contribution in [2.75, 3.05) is 0 Å². The van der Waals surface area contributed by atoms with Gasteiger partial charge in [-0.2, -0.15) is 13.2 Å². The third kappa shape index (κ3) is 4.83. The second-order valence-corrected chi connectivity index (χ2v) is 4.67. The van der Waals surface area contributed by atoms with Crippen molar-refractivity contribution >= 4 is 11.8 Å². The highest BCUT2D eigenvalue weighted by atomic mass is 32.2. The van der Waals surface area contributed by atoms with Crippen LogP contribution in [0.4, 0.5) is 13.2 Å². The van der Waals surface area contributed by atoms with E-state index < -0.39 is 5.51 Å². The first-order valence-electron chi connectivity index (χ1n) is 5.15. The first-order chi connectivity index (χ1) is 7.94. The predicted octanol–water partition coefficient (Wildman–Crippen LogP) is 4.26. The van der Waals surface area contributed by atoms with Crippen LogP contribution in [0.25, 0.3) is 0 Å². The number of hydrogen-bond donors (Lipinski definition) is 1. The van der Waals surface area contributed by atoms with Gasteiger partial charge in [-0.05, 0) is 36.2 Å². The molecule has 0 aliphatic heterocycles. The summed E-state index contributed by atoms with van der Waals surface area (Å²) in [5, 5.41) is 0. The molecule has 1 aromatic carbocycles. The molecule has 5 heteroatoms. The third-order valence-corrected chi connectivity index (χ3v) is 3.05. The van der Waals surface area contributed by atoms with E-state index in [-0.39, 0.29) is 22.7 Å². The predicted molar refractivity (Wildman–Crippen MR) is 64.7 cm³/mol. The maximum Gasteiger partial charge on any atom is 0.446 e. The van der Waals surface area contributed by atoms with Crippen molar-refractivity contribution in [2.45, 2.75) is 29.3 Å². The van der Waals surface area contributed by atoms with E-state index in [1.54, 1.807) is 24.3 Å². The van der Waals surface area contributed by atoms with Crippen molar-refractivity contribution in [3.63, 3.8) is 0 Å². The van der Waals surface area contributed by atoms with Gasteiger partial charge in [-0.3, -0.25) is 0 Å². The SMILES string of the molecule is C=CCC[C@H](N)c1ccccc1SC(F)(F)F. The molecule has 17 heavy (non-hydrogen) atoms. The molecule has 1 nitrogen and oxygen atoms in total. The van der Waals surface area contributed by atoms with E-state index >= 15 is 0 Å². The standard InChI is InChI=1S/C12H14F3NS/c1-2-3-7-10(16)9-6-4-5-8-11(9)17-12(13,14)15/h2,4-6,8,10H,1,3,7,16H2/t10-/m0/s1. The quantitative estimate of drug-likeness (QED) is 0.633. The molecule has 2 N–H and O–H groups in total. The van der Waals surface area contributed by atoms with Gasteiger partial charge in [0.25, 0.3) is 0 Å². The van der Waals surface area contributed by atoms with E-state index in [1.165, 1.54) is 6.07 Å². The molecule has 0 fully saturated rings. The molecule has 0 radical (unpaired) electrons. The number of allylic oxidation sites excluding steroid dienone is 1. The van der Waals surface area contributed by atoms with Gasteiger partial charge in [0.05, 0.1) is 0 Å². The maximum absolute atomic E-state index is 12.3. The number of nitrogens with two attached hydrogens (primary N) is 1. The highest BCUT2D eigenvalue weighted by Gasteiger charge is 2.30. The van der Waals surface area contributed by atoms with Crippen LogP contribution in [0.15, 0.2) is 41.8 Å². The Morgan fingerprint density at radius 2 is 2.00 bits per heavy atom. The first-order valence-corrected chi connectivity index (χ1v) is 5.97. The fourth-order valence-corrected chi connectivity index (χ4v) is 2.19. The minimum absolute atomic E-state index is 0.117. The van der Waals surface area contributed by atoms with Crippen molar-refractivity contribution in [2.24, 2.45) is 5.73 Å². The summed E-state index contributed by atoms with van der Waals surface area (Å²) in [6.45, 7) is 3.57. The molecule has 0 aromatic heterocycles. The number of rotatable bonds is 5. The van der Waals surface area contributed by atoms with E-state index in [9.17, 15) is 13.2 Å². The molecule has 0 spiro atoms. The van der Waals surface area contributed by atoms with Crippen molar-refractivity contribution in [1.29, 1.82) is 0 Å². The molecule has 1 atom stereocenters. The minimum atomic E-state index is -4.28. The van der Waals surface area contributed by atoms with Crippen LogP contribution in [0.2, 0.25) is 0 Å². The zero-order valence-electron chi connectivity index (χ0n) is 9.20. The first kappa shape index (κ1) is 14.1. The second kappa shape index (κ2) is 6.12. The Bertz CT molecular complexity index is 376. The highest BCUT2D eigenvalue weighted by Crippen LogP contribution is 2.40. The fourth-order valence-electron chi connectivity index (χ4n) is 1.46. The molecule has 0 bridgehead atoms. The monoisotopic (exact) mass is 261 g/mol. The summed E-state index contributed by atoms with van der Waals surface area (Å²) in [7, 11) is 0. The topological polar surface area (TPSA) is 26.0 Å². The van der Waals surface area contributed by atoms with Gasteiger partial charge in [-0.1, -0.05) is 24.3 Å².